The molecule has 0 radical (unpaired) electrons. The number of hydrogen-bond acceptors (Lipinski definition) is 3. The van der Waals surface area contributed by atoms with Gasteiger partial charge in [-0.05, 0) is 23.8 Å². The highest BCUT2D eigenvalue weighted by Gasteiger charge is 2.12. The fourth-order valence-electron chi connectivity index (χ4n) is 1.87. The van der Waals surface area contributed by atoms with Crippen LogP contribution in [0.2, 0.25) is 0 Å². The number of pyridine rings is 1. The maximum Gasteiger partial charge on any atom is 0.291 e. The van der Waals surface area contributed by atoms with Crippen molar-refractivity contribution >= 4 is 11.6 Å². The molecule has 1 N–H and O–H groups in total. The first-order valence-electron chi connectivity index (χ1n) is 6.18. The normalized spacial score (nSPS) is 10.2. The van der Waals surface area contributed by atoms with Crippen molar-refractivity contribution in [1.29, 1.82) is 0 Å². The molecule has 0 spiro atoms. The SMILES string of the molecule is O=C(Nc1cccnc1)c1cc(-c2ccccc2)co1. The average molecular weight is 264 g/mol. The molecule has 3 aromatic rings. The first kappa shape index (κ1) is 12.2. The van der Waals surface area contributed by atoms with E-state index in [4.69, 9.17) is 4.42 Å². The second kappa shape index (κ2) is 5.40. The number of amides is 1. The Hall–Kier alpha value is -2.88. The van der Waals surface area contributed by atoms with E-state index in [9.17, 15) is 4.79 Å². The van der Waals surface area contributed by atoms with Gasteiger partial charge in [0.1, 0.15) is 0 Å². The Balaban J connectivity index is 1.79. The van der Waals surface area contributed by atoms with Crippen LogP contribution in [0.25, 0.3) is 11.1 Å². The lowest BCUT2D eigenvalue weighted by molar-refractivity contribution is 0.0996. The highest BCUT2D eigenvalue weighted by atomic mass is 16.3. The Morgan fingerprint density at radius 2 is 1.90 bits per heavy atom. The highest BCUT2D eigenvalue weighted by Crippen LogP contribution is 2.22. The molecule has 0 aliphatic carbocycles. The van der Waals surface area contributed by atoms with Gasteiger partial charge in [-0.2, -0.15) is 0 Å². The Kier molecular flexibility index (Phi) is 3.29. The summed E-state index contributed by atoms with van der Waals surface area (Å²) in [7, 11) is 0. The third-order valence-corrected chi connectivity index (χ3v) is 2.85. The molecular formula is C16H12N2O2. The van der Waals surface area contributed by atoms with Gasteiger partial charge in [0.05, 0.1) is 18.1 Å². The minimum atomic E-state index is -0.291. The zero-order valence-corrected chi connectivity index (χ0v) is 10.6. The van der Waals surface area contributed by atoms with E-state index in [1.807, 2.05) is 30.3 Å². The van der Waals surface area contributed by atoms with Crippen LogP contribution in [0.5, 0.6) is 0 Å². The smallest absolute Gasteiger partial charge is 0.291 e. The van der Waals surface area contributed by atoms with E-state index < -0.39 is 0 Å². The number of furan rings is 1. The number of nitrogens with zero attached hydrogens (tertiary/aromatic N) is 1. The molecule has 4 heteroatoms. The first-order chi connectivity index (χ1) is 9.83. The molecule has 1 aromatic carbocycles. The van der Waals surface area contributed by atoms with Crippen LogP contribution in [0.1, 0.15) is 10.6 Å². The zero-order valence-electron chi connectivity index (χ0n) is 10.6. The summed E-state index contributed by atoms with van der Waals surface area (Å²) in [5, 5.41) is 2.73. The number of rotatable bonds is 3. The number of nitrogens with one attached hydrogen (secondary N) is 1. The fraction of sp³-hybridized carbons (Fsp3) is 0. The van der Waals surface area contributed by atoms with Gasteiger partial charge in [0.25, 0.3) is 5.91 Å². The van der Waals surface area contributed by atoms with Gasteiger partial charge in [-0.15, -0.1) is 0 Å². The topological polar surface area (TPSA) is 55.1 Å². The molecule has 0 bridgehead atoms. The molecule has 0 aliphatic rings. The number of carbonyl (C=O) groups excluding carboxylic acids is 1. The molecule has 1 amide bonds. The predicted molar refractivity (Wildman–Crippen MR) is 76.3 cm³/mol. The zero-order chi connectivity index (χ0) is 13.8. The summed E-state index contributed by atoms with van der Waals surface area (Å²) >= 11 is 0. The molecule has 2 heterocycles. The van der Waals surface area contributed by atoms with Gasteiger partial charge >= 0.3 is 0 Å². The third-order valence-electron chi connectivity index (χ3n) is 2.85. The minimum Gasteiger partial charge on any atom is -0.459 e. The van der Waals surface area contributed by atoms with E-state index in [-0.39, 0.29) is 11.7 Å². The molecule has 3 rings (SSSR count). The van der Waals surface area contributed by atoms with Gasteiger partial charge < -0.3 is 9.73 Å². The van der Waals surface area contributed by atoms with Gasteiger partial charge in [-0.25, -0.2) is 0 Å². The maximum absolute atomic E-state index is 12.0. The van der Waals surface area contributed by atoms with Crippen LogP contribution in [0.3, 0.4) is 0 Å². The Labute approximate surface area is 116 Å². The van der Waals surface area contributed by atoms with E-state index >= 15 is 0 Å². The van der Waals surface area contributed by atoms with Crippen molar-refractivity contribution in [2.75, 3.05) is 5.32 Å². The molecule has 0 saturated heterocycles. The van der Waals surface area contributed by atoms with E-state index in [1.165, 1.54) is 0 Å². The lowest BCUT2D eigenvalue weighted by Gasteiger charge is -2.00. The standard InChI is InChI=1S/C16H12N2O2/c19-16(18-14-7-4-8-17-10-14)15-9-13(11-20-15)12-5-2-1-3-6-12/h1-11H,(H,18,19). The molecule has 0 aliphatic heterocycles. The molecule has 2 aromatic heterocycles. The van der Waals surface area contributed by atoms with Crippen LogP contribution in [0.15, 0.2) is 71.6 Å². The van der Waals surface area contributed by atoms with Gasteiger partial charge in [0, 0.05) is 11.8 Å². The summed E-state index contributed by atoms with van der Waals surface area (Å²) in [6, 6.07) is 15.0. The van der Waals surface area contributed by atoms with Gasteiger partial charge in [-0.3, -0.25) is 9.78 Å². The van der Waals surface area contributed by atoms with Crippen molar-refractivity contribution in [1.82, 2.24) is 4.98 Å². The molecule has 20 heavy (non-hydrogen) atoms. The van der Waals surface area contributed by atoms with E-state index in [0.29, 0.717) is 5.69 Å². The molecule has 0 fully saturated rings. The van der Waals surface area contributed by atoms with Crippen LogP contribution in [-0.2, 0) is 0 Å². The fourth-order valence-corrected chi connectivity index (χ4v) is 1.87. The maximum atomic E-state index is 12.0. The van der Waals surface area contributed by atoms with Crippen molar-refractivity contribution in [3.63, 3.8) is 0 Å². The number of carbonyl (C=O) groups is 1. The van der Waals surface area contributed by atoms with Gasteiger partial charge in [0.15, 0.2) is 5.76 Å². The number of benzene rings is 1. The largest absolute Gasteiger partial charge is 0.459 e. The van der Waals surface area contributed by atoms with Crippen molar-refractivity contribution in [2.45, 2.75) is 0 Å². The summed E-state index contributed by atoms with van der Waals surface area (Å²) in [4.78, 5) is 16.0. The van der Waals surface area contributed by atoms with E-state index in [0.717, 1.165) is 11.1 Å². The minimum absolute atomic E-state index is 0.271. The van der Waals surface area contributed by atoms with E-state index in [1.54, 1.807) is 36.9 Å². The quantitative estimate of drug-likeness (QED) is 0.786. The third kappa shape index (κ3) is 2.59. The van der Waals surface area contributed by atoms with Crippen LogP contribution >= 0.6 is 0 Å². The summed E-state index contributed by atoms with van der Waals surface area (Å²) in [6.45, 7) is 0. The van der Waals surface area contributed by atoms with Crippen molar-refractivity contribution in [2.24, 2.45) is 0 Å². The monoisotopic (exact) mass is 264 g/mol. The molecule has 4 nitrogen and oxygen atoms in total. The second-order valence-electron chi connectivity index (χ2n) is 4.26. The Morgan fingerprint density at radius 3 is 2.65 bits per heavy atom. The van der Waals surface area contributed by atoms with Crippen molar-refractivity contribution in [3.8, 4) is 11.1 Å². The van der Waals surface area contributed by atoms with Crippen LogP contribution < -0.4 is 5.32 Å². The number of hydrogen-bond donors (Lipinski definition) is 1. The van der Waals surface area contributed by atoms with E-state index in [2.05, 4.69) is 10.3 Å². The summed E-state index contributed by atoms with van der Waals surface area (Å²) in [5.41, 5.74) is 2.52. The van der Waals surface area contributed by atoms with Crippen LogP contribution in [0, 0.1) is 0 Å². The Morgan fingerprint density at radius 1 is 1.05 bits per heavy atom. The van der Waals surface area contributed by atoms with Crippen LogP contribution in [0.4, 0.5) is 5.69 Å². The molecule has 0 saturated carbocycles. The average Bonchev–Trinajstić information content (AvgIpc) is 2.99. The highest BCUT2D eigenvalue weighted by molar-refractivity contribution is 6.02. The molecule has 0 unspecified atom stereocenters. The first-order valence-corrected chi connectivity index (χ1v) is 6.18. The lowest BCUT2D eigenvalue weighted by atomic mass is 10.1. The van der Waals surface area contributed by atoms with Gasteiger partial charge in [0.2, 0.25) is 0 Å². The Bertz CT molecular complexity index is 706. The van der Waals surface area contributed by atoms with Crippen molar-refractivity contribution < 1.29 is 9.21 Å². The second-order valence-corrected chi connectivity index (χ2v) is 4.26. The van der Waals surface area contributed by atoms with Crippen LogP contribution in [-0.4, -0.2) is 10.9 Å². The summed E-state index contributed by atoms with van der Waals surface area (Å²) < 4.78 is 5.32. The van der Waals surface area contributed by atoms with Crippen molar-refractivity contribution in [3.05, 3.63) is 72.9 Å². The molecule has 0 atom stereocenters. The lowest BCUT2D eigenvalue weighted by Crippen LogP contribution is -2.10. The van der Waals surface area contributed by atoms with Gasteiger partial charge in [-0.1, -0.05) is 30.3 Å². The summed E-state index contributed by atoms with van der Waals surface area (Å²) in [6.07, 6.45) is 4.81. The number of aromatic nitrogens is 1. The predicted octanol–water partition coefficient (Wildman–Crippen LogP) is 3.59. The number of anilines is 1. The molecule has 98 valence electrons. The summed E-state index contributed by atoms with van der Waals surface area (Å²) in [5.74, 6) is -0.0205. The molecular weight excluding hydrogens is 252 g/mol.